The maximum atomic E-state index is 13.4. The third kappa shape index (κ3) is 6.67. The molecular formula is C25H28F3N3O3S. The Labute approximate surface area is 207 Å². The number of benzene rings is 1. The highest BCUT2D eigenvalue weighted by Crippen LogP contribution is 2.44. The molecule has 1 aliphatic rings. The number of aromatic nitrogens is 1. The maximum absolute atomic E-state index is 13.4. The summed E-state index contributed by atoms with van der Waals surface area (Å²) in [7, 11) is 0. The fourth-order valence-electron chi connectivity index (χ4n) is 3.84. The fourth-order valence-corrected chi connectivity index (χ4v) is 5.18. The molecule has 1 saturated heterocycles. The third-order valence-corrected chi connectivity index (χ3v) is 6.75. The Morgan fingerprint density at radius 2 is 2.06 bits per heavy atom. The molecule has 2 heterocycles. The van der Waals surface area contributed by atoms with E-state index in [1.54, 1.807) is 58.0 Å². The third-order valence-electron chi connectivity index (χ3n) is 5.41. The lowest BCUT2D eigenvalue weighted by molar-refractivity contribution is -0.137. The number of carbonyl (C=O) groups excluding carboxylic acids is 1. The number of hydrogen-bond donors (Lipinski definition) is 0. The van der Waals surface area contributed by atoms with E-state index in [0.29, 0.717) is 6.42 Å². The molecule has 1 aromatic heterocycles. The van der Waals surface area contributed by atoms with Crippen molar-refractivity contribution in [3.63, 3.8) is 0 Å². The van der Waals surface area contributed by atoms with Gasteiger partial charge in [0.05, 0.1) is 23.8 Å². The van der Waals surface area contributed by atoms with Crippen LogP contribution in [0.1, 0.15) is 63.0 Å². The van der Waals surface area contributed by atoms with Crippen LogP contribution in [0.5, 0.6) is 0 Å². The minimum absolute atomic E-state index is 0.142. The van der Waals surface area contributed by atoms with Gasteiger partial charge in [0.15, 0.2) is 0 Å². The molecule has 0 N–H and O–H groups in total. The number of amides is 1. The highest BCUT2D eigenvalue weighted by Gasteiger charge is 2.46. The molecule has 188 valence electrons. The molecule has 0 aliphatic carbocycles. The van der Waals surface area contributed by atoms with Crippen LogP contribution in [-0.2, 0) is 15.7 Å². The summed E-state index contributed by atoms with van der Waals surface area (Å²) in [6.07, 6.45) is -1.48. The molecule has 1 amide bonds. The lowest BCUT2D eigenvalue weighted by Crippen LogP contribution is -2.50. The van der Waals surface area contributed by atoms with E-state index in [1.807, 2.05) is 12.1 Å². The standard InChI is InChI=1S/C25H28F3N3O3S/c1-23(2,3)34-22(32)31-19(15-33-24(31,4)5)12-21(17-7-6-10-30-14-17)35-20-11-18(25(26,27)28)9-8-16(20)13-29/h6-11,14,19,21H,12,15H2,1-5H3/t19-,21+/m0/s1. The Morgan fingerprint density at radius 1 is 1.34 bits per heavy atom. The Kier molecular flexibility index (Phi) is 7.72. The van der Waals surface area contributed by atoms with Crippen molar-refractivity contribution in [2.45, 2.75) is 74.7 Å². The van der Waals surface area contributed by atoms with Crippen LogP contribution >= 0.6 is 11.8 Å². The molecule has 3 rings (SSSR count). The molecule has 10 heteroatoms. The van der Waals surface area contributed by atoms with Crippen LogP contribution in [0.15, 0.2) is 47.6 Å². The average Bonchev–Trinajstić information content (AvgIpc) is 3.06. The van der Waals surface area contributed by atoms with Gasteiger partial charge in [0, 0.05) is 22.5 Å². The van der Waals surface area contributed by atoms with Crippen LogP contribution in [0.25, 0.3) is 0 Å². The number of carbonyl (C=O) groups is 1. The number of halogens is 3. The normalized spacial score (nSPS) is 18.7. The highest BCUT2D eigenvalue weighted by molar-refractivity contribution is 7.99. The lowest BCUT2D eigenvalue weighted by atomic mass is 10.1. The summed E-state index contributed by atoms with van der Waals surface area (Å²) in [5.41, 5.74) is -1.57. The van der Waals surface area contributed by atoms with Crippen molar-refractivity contribution in [3.8, 4) is 6.07 Å². The van der Waals surface area contributed by atoms with Crippen molar-refractivity contribution < 1.29 is 27.4 Å². The van der Waals surface area contributed by atoms with Crippen molar-refractivity contribution in [3.05, 3.63) is 59.4 Å². The van der Waals surface area contributed by atoms with Crippen LogP contribution in [0.4, 0.5) is 18.0 Å². The van der Waals surface area contributed by atoms with Crippen molar-refractivity contribution in [2.24, 2.45) is 0 Å². The van der Waals surface area contributed by atoms with Gasteiger partial charge in [-0.05, 0) is 70.9 Å². The number of pyridine rings is 1. The van der Waals surface area contributed by atoms with E-state index in [-0.39, 0.29) is 17.1 Å². The molecule has 0 radical (unpaired) electrons. The number of nitriles is 1. The topological polar surface area (TPSA) is 75.5 Å². The van der Waals surface area contributed by atoms with Crippen molar-refractivity contribution in [2.75, 3.05) is 6.61 Å². The molecule has 0 unspecified atom stereocenters. The largest absolute Gasteiger partial charge is 0.444 e. The first-order valence-electron chi connectivity index (χ1n) is 11.1. The summed E-state index contributed by atoms with van der Waals surface area (Å²) in [5, 5.41) is 9.11. The van der Waals surface area contributed by atoms with E-state index in [9.17, 15) is 23.2 Å². The van der Waals surface area contributed by atoms with Gasteiger partial charge in [-0.25, -0.2) is 4.79 Å². The van der Waals surface area contributed by atoms with Crippen LogP contribution in [0.3, 0.4) is 0 Å². The van der Waals surface area contributed by atoms with Gasteiger partial charge in [-0.2, -0.15) is 18.4 Å². The van der Waals surface area contributed by atoms with Crippen molar-refractivity contribution >= 4 is 17.9 Å². The molecule has 6 nitrogen and oxygen atoms in total. The Morgan fingerprint density at radius 3 is 2.63 bits per heavy atom. The van der Waals surface area contributed by atoms with Gasteiger partial charge in [-0.1, -0.05) is 6.07 Å². The van der Waals surface area contributed by atoms with E-state index in [4.69, 9.17) is 9.47 Å². The van der Waals surface area contributed by atoms with Gasteiger partial charge in [0.2, 0.25) is 0 Å². The van der Waals surface area contributed by atoms with E-state index in [0.717, 1.165) is 29.5 Å². The summed E-state index contributed by atoms with van der Waals surface area (Å²) >= 11 is 1.14. The molecule has 1 aromatic carbocycles. The number of thioether (sulfide) groups is 1. The monoisotopic (exact) mass is 507 g/mol. The van der Waals surface area contributed by atoms with Crippen LogP contribution in [0, 0.1) is 11.3 Å². The molecule has 1 fully saturated rings. The number of hydrogen-bond acceptors (Lipinski definition) is 6. The Hall–Kier alpha value is -2.77. The molecule has 1 aliphatic heterocycles. The van der Waals surface area contributed by atoms with Gasteiger partial charge in [0.1, 0.15) is 17.4 Å². The lowest BCUT2D eigenvalue weighted by Gasteiger charge is -2.36. The molecule has 0 saturated carbocycles. The second-order valence-electron chi connectivity index (χ2n) is 9.71. The van der Waals surface area contributed by atoms with Gasteiger partial charge >= 0.3 is 12.3 Å². The summed E-state index contributed by atoms with van der Waals surface area (Å²) < 4.78 is 51.6. The van der Waals surface area contributed by atoms with Crippen LogP contribution in [-0.4, -0.2) is 40.0 Å². The summed E-state index contributed by atoms with van der Waals surface area (Å²) in [4.78, 5) is 19.0. The average molecular weight is 508 g/mol. The first-order chi connectivity index (χ1) is 16.2. The molecule has 0 spiro atoms. The predicted molar refractivity (Wildman–Crippen MR) is 126 cm³/mol. The van der Waals surface area contributed by atoms with E-state index >= 15 is 0 Å². The van der Waals surface area contributed by atoms with Crippen LogP contribution in [0.2, 0.25) is 0 Å². The minimum Gasteiger partial charge on any atom is -0.444 e. The number of nitrogens with zero attached hydrogens (tertiary/aromatic N) is 3. The fraction of sp³-hybridized carbons (Fsp3) is 0.480. The Balaban J connectivity index is 1.96. The zero-order chi connectivity index (χ0) is 26.0. The van der Waals surface area contributed by atoms with Crippen LogP contribution < -0.4 is 0 Å². The number of alkyl halides is 3. The van der Waals surface area contributed by atoms with E-state index in [2.05, 4.69) is 4.98 Å². The summed E-state index contributed by atoms with van der Waals surface area (Å²) in [5.74, 6) is 0. The molecule has 35 heavy (non-hydrogen) atoms. The van der Waals surface area contributed by atoms with Gasteiger partial charge < -0.3 is 9.47 Å². The van der Waals surface area contributed by atoms with Crippen molar-refractivity contribution in [1.29, 1.82) is 5.26 Å². The maximum Gasteiger partial charge on any atom is 0.416 e. The van der Waals surface area contributed by atoms with Crippen molar-refractivity contribution in [1.82, 2.24) is 9.88 Å². The zero-order valence-electron chi connectivity index (χ0n) is 20.2. The number of rotatable bonds is 5. The van der Waals surface area contributed by atoms with E-state index < -0.39 is 40.5 Å². The van der Waals surface area contributed by atoms with Gasteiger partial charge in [-0.3, -0.25) is 9.88 Å². The van der Waals surface area contributed by atoms with E-state index in [1.165, 1.54) is 6.07 Å². The molecule has 2 atom stereocenters. The first kappa shape index (κ1) is 26.8. The quantitative estimate of drug-likeness (QED) is 0.426. The predicted octanol–water partition coefficient (Wildman–Crippen LogP) is 6.57. The molecule has 0 bridgehead atoms. The summed E-state index contributed by atoms with van der Waals surface area (Å²) in [6.45, 7) is 9.09. The smallest absolute Gasteiger partial charge is 0.416 e. The number of ether oxygens (including phenoxy) is 2. The van der Waals surface area contributed by atoms with Gasteiger partial charge in [-0.15, -0.1) is 11.8 Å². The second-order valence-corrected chi connectivity index (χ2v) is 11.0. The second kappa shape index (κ2) is 10.1. The zero-order valence-corrected chi connectivity index (χ0v) is 21.0. The first-order valence-corrected chi connectivity index (χ1v) is 11.9. The SMILES string of the molecule is CC(C)(C)OC(=O)N1[C@@H](C[C@@H](Sc2cc(C(F)(F)F)ccc2C#N)c2cccnc2)COC1(C)C. The summed E-state index contributed by atoms with van der Waals surface area (Å²) in [6, 6.07) is 8.20. The Bertz CT molecular complexity index is 1100. The highest BCUT2D eigenvalue weighted by atomic mass is 32.2. The minimum atomic E-state index is -4.54. The van der Waals surface area contributed by atoms with Gasteiger partial charge in [0.25, 0.3) is 0 Å². The molecular weight excluding hydrogens is 479 g/mol. The molecule has 2 aromatic rings.